The highest BCUT2D eigenvalue weighted by molar-refractivity contribution is 5.85. The number of carbonyl (C=O) groups is 1. The summed E-state index contributed by atoms with van der Waals surface area (Å²) in [4.78, 5) is 24.4. The molecule has 0 spiro atoms. The summed E-state index contributed by atoms with van der Waals surface area (Å²) in [5, 5.41) is 15.1. The van der Waals surface area contributed by atoms with E-state index in [1.165, 1.54) is 18.5 Å². The van der Waals surface area contributed by atoms with E-state index in [4.69, 9.17) is 9.90 Å². The van der Waals surface area contributed by atoms with Crippen LogP contribution in [0.2, 0.25) is 0 Å². The molecule has 0 saturated carbocycles. The molecule has 0 saturated heterocycles. The van der Waals surface area contributed by atoms with Gasteiger partial charge in [-0.15, -0.1) is 0 Å². The standard InChI is InChI=1S/C20H15F2N7.C2HF3O2/c1-11(27-20-18-19(24-9-23-18)25-10-26-20)17-16(12-6-13(21)8-14(22)7-12)15-4-2-3-5-29(15)28-17;3-2(4,5)1(6)7/h2-11H,1H3,(H2,23,24,25,26,27);(H,6,7). The molecule has 1 aromatic carbocycles. The average Bonchev–Trinajstić information content (AvgIpc) is 3.43. The number of nitrogens with zero attached hydrogens (tertiary/aromatic N) is 5. The average molecular weight is 505 g/mol. The van der Waals surface area contributed by atoms with Crippen LogP contribution in [0.5, 0.6) is 0 Å². The molecular weight excluding hydrogens is 489 g/mol. The Labute approximate surface area is 198 Å². The number of nitrogens with one attached hydrogen (secondary N) is 2. The Morgan fingerprint density at radius 1 is 1.11 bits per heavy atom. The molecule has 0 aliphatic carbocycles. The third-order valence-electron chi connectivity index (χ3n) is 4.95. The number of hydrogen-bond donors (Lipinski definition) is 3. The number of carboxylic acid groups (broad SMARTS) is 1. The van der Waals surface area contributed by atoms with E-state index in [9.17, 15) is 22.0 Å². The third-order valence-corrected chi connectivity index (χ3v) is 4.95. The second-order valence-electron chi connectivity index (χ2n) is 7.44. The van der Waals surface area contributed by atoms with Gasteiger partial charge in [0, 0.05) is 17.8 Å². The van der Waals surface area contributed by atoms with Crippen molar-refractivity contribution < 1.29 is 31.9 Å². The van der Waals surface area contributed by atoms with Gasteiger partial charge in [-0.3, -0.25) is 0 Å². The Hall–Kier alpha value is -4.62. The zero-order valence-corrected chi connectivity index (χ0v) is 18.3. The maximum Gasteiger partial charge on any atom is 0.490 e. The second-order valence-corrected chi connectivity index (χ2v) is 7.44. The molecule has 0 aliphatic heterocycles. The van der Waals surface area contributed by atoms with Crippen LogP contribution in [0.4, 0.5) is 27.8 Å². The second kappa shape index (κ2) is 9.56. The van der Waals surface area contributed by atoms with E-state index in [0.717, 1.165) is 11.6 Å². The largest absolute Gasteiger partial charge is 0.490 e. The molecule has 4 aromatic heterocycles. The molecule has 5 rings (SSSR count). The van der Waals surface area contributed by atoms with Crippen LogP contribution >= 0.6 is 0 Å². The first-order valence-electron chi connectivity index (χ1n) is 10.2. The van der Waals surface area contributed by atoms with Crippen LogP contribution in [0.1, 0.15) is 18.7 Å². The summed E-state index contributed by atoms with van der Waals surface area (Å²) in [5.41, 5.74) is 3.65. The number of pyridine rings is 1. The van der Waals surface area contributed by atoms with E-state index < -0.39 is 23.8 Å². The summed E-state index contributed by atoms with van der Waals surface area (Å²) in [6, 6.07) is 8.71. The minimum Gasteiger partial charge on any atom is -0.475 e. The topological polar surface area (TPSA) is 121 Å². The molecule has 3 N–H and O–H groups in total. The number of aromatic nitrogens is 6. The lowest BCUT2D eigenvalue weighted by atomic mass is 10.0. The van der Waals surface area contributed by atoms with Gasteiger partial charge in [0.2, 0.25) is 0 Å². The monoisotopic (exact) mass is 505 g/mol. The fraction of sp³-hybridized carbons (Fsp3) is 0.136. The molecule has 0 amide bonds. The number of benzene rings is 1. The lowest BCUT2D eigenvalue weighted by Gasteiger charge is -2.15. The maximum atomic E-state index is 13.9. The summed E-state index contributed by atoms with van der Waals surface area (Å²) in [6.45, 7) is 1.91. The normalized spacial score (nSPS) is 12.3. The quantitative estimate of drug-likeness (QED) is 0.302. The zero-order chi connectivity index (χ0) is 26.0. The molecule has 5 aromatic rings. The van der Waals surface area contributed by atoms with Crippen molar-refractivity contribution in [3.05, 3.63) is 72.6 Å². The maximum absolute atomic E-state index is 13.9. The molecule has 4 heterocycles. The van der Waals surface area contributed by atoms with E-state index in [2.05, 4.69) is 30.4 Å². The van der Waals surface area contributed by atoms with Gasteiger partial charge in [0.1, 0.15) is 23.5 Å². The molecule has 1 unspecified atom stereocenters. The van der Waals surface area contributed by atoms with Gasteiger partial charge in [0.25, 0.3) is 0 Å². The van der Waals surface area contributed by atoms with Gasteiger partial charge in [0.15, 0.2) is 11.5 Å². The van der Waals surface area contributed by atoms with Gasteiger partial charge < -0.3 is 15.4 Å². The molecule has 0 bridgehead atoms. The van der Waals surface area contributed by atoms with Crippen LogP contribution in [0.15, 0.2) is 55.2 Å². The number of anilines is 1. The number of halogens is 5. The highest BCUT2D eigenvalue weighted by atomic mass is 19.4. The Balaban J connectivity index is 0.000000384. The summed E-state index contributed by atoms with van der Waals surface area (Å²) in [6.07, 6.45) is -0.325. The van der Waals surface area contributed by atoms with Crippen LogP contribution in [-0.2, 0) is 4.79 Å². The number of hydrogen-bond acceptors (Lipinski definition) is 6. The van der Waals surface area contributed by atoms with Crippen molar-refractivity contribution in [1.82, 2.24) is 29.5 Å². The highest BCUT2D eigenvalue weighted by Crippen LogP contribution is 2.34. The van der Waals surface area contributed by atoms with E-state index in [1.807, 2.05) is 25.1 Å². The molecule has 14 heteroatoms. The molecule has 186 valence electrons. The minimum atomic E-state index is -5.08. The van der Waals surface area contributed by atoms with Crippen molar-refractivity contribution in [3.8, 4) is 11.1 Å². The molecule has 36 heavy (non-hydrogen) atoms. The van der Waals surface area contributed by atoms with E-state index in [0.29, 0.717) is 33.8 Å². The first-order valence-corrected chi connectivity index (χ1v) is 10.2. The van der Waals surface area contributed by atoms with Crippen molar-refractivity contribution in [2.45, 2.75) is 19.1 Å². The zero-order valence-electron chi connectivity index (χ0n) is 18.3. The number of alkyl halides is 3. The molecule has 0 aliphatic rings. The number of H-pyrrole nitrogens is 1. The van der Waals surface area contributed by atoms with Gasteiger partial charge in [-0.2, -0.15) is 18.3 Å². The minimum absolute atomic E-state index is 0.322. The molecular formula is C22H16F5N7O2. The first-order chi connectivity index (χ1) is 17.0. The van der Waals surface area contributed by atoms with Gasteiger partial charge in [0.05, 0.1) is 23.6 Å². The lowest BCUT2D eigenvalue weighted by molar-refractivity contribution is -0.192. The van der Waals surface area contributed by atoms with Gasteiger partial charge in [-0.1, -0.05) is 6.07 Å². The van der Waals surface area contributed by atoms with E-state index in [-0.39, 0.29) is 6.04 Å². The lowest BCUT2D eigenvalue weighted by Crippen LogP contribution is -2.21. The van der Waals surface area contributed by atoms with Gasteiger partial charge in [-0.25, -0.2) is 33.0 Å². The number of rotatable bonds is 4. The number of imidazole rings is 1. The molecule has 0 radical (unpaired) electrons. The number of aliphatic carboxylic acids is 1. The number of carboxylic acids is 1. The van der Waals surface area contributed by atoms with Crippen LogP contribution in [0.3, 0.4) is 0 Å². The third kappa shape index (κ3) is 5.06. The first kappa shape index (κ1) is 24.5. The van der Waals surface area contributed by atoms with Gasteiger partial charge in [-0.05, 0) is 36.8 Å². The van der Waals surface area contributed by atoms with Crippen LogP contribution in [0, 0.1) is 11.6 Å². The smallest absolute Gasteiger partial charge is 0.475 e. The Kier molecular flexibility index (Phi) is 6.51. The summed E-state index contributed by atoms with van der Waals surface area (Å²) < 4.78 is 61.3. The summed E-state index contributed by atoms with van der Waals surface area (Å²) in [7, 11) is 0. The van der Waals surface area contributed by atoms with Crippen LogP contribution < -0.4 is 5.32 Å². The Morgan fingerprint density at radius 2 is 1.81 bits per heavy atom. The van der Waals surface area contributed by atoms with Crippen molar-refractivity contribution in [1.29, 1.82) is 0 Å². The van der Waals surface area contributed by atoms with Crippen LogP contribution in [0.25, 0.3) is 27.8 Å². The molecule has 1 atom stereocenters. The van der Waals surface area contributed by atoms with Crippen molar-refractivity contribution in [2.75, 3.05) is 5.32 Å². The predicted octanol–water partition coefficient (Wildman–Crippen LogP) is 4.75. The number of aromatic amines is 1. The Bertz CT molecular complexity index is 1530. The van der Waals surface area contributed by atoms with Crippen molar-refractivity contribution >= 4 is 28.5 Å². The fourth-order valence-electron chi connectivity index (χ4n) is 3.46. The SMILES string of the molecule is CC(Nc1ncnc2nc[nH]c12)c1nn2ccccc2c1-c1cc(F)cc(F)c1.O=C(O)C(F)(F)F. The fourth-order valence-corrected chi connectivity index (χ4v) is 3.46. The van der Waals surface area contributed by atoms with E-state index in [1.54, 1.807) is 17.0 Å². The van der Waals surface area contributed by atoms with Crippen molar-refractivity contribution in [3.63, 3.8) is 0 Å². The highest BCUT2D eigenvalue weighted by Gasteiger charge is 2.38. The number of fused-ring (bicyclic) bond motifs is 2. The van der Waals surface area contributed by atoms with Gasteiger partial charge >= 0.3 is 12.1 Å². The predicted molar refractivity (Wildman–Crippen MR) is 118 cm³/mol. The summed E-state index contributed by atoms with van der Waals surface area (Å²) in [5.74, 6) is -3.48. The summed E-state index contributed by atoms with van der Waals surface area (Å²) >= 11 is 0. The molecule has 0 fully saturated rings. The molecule has 9 nitrogen and oxygen atoms in total. The van der Waals surface area contributed by atoms with Crippen molar-refractivity contribution in [2.24, 2.45) is 0 Å². The Morgan fingerprint density at radius 3 is 2.47 bits per heavy atom. The van der Waals surface area contributed by atoms with Crippen LogP contribution in [-0.4, -0.2) is 46.8 Å². The van der Waals surface area contributed by atoms with E-state index >= 15 is 0 Å².